The Balaban J connectivity index is 2.29. The van der Waals surface area contributed by atoms with Gasteiger partial charge < -0.3 is 15.4 Å². The van der Waals surface area contributed by atoms with Crippen LogP contribution < -0.4 is 15.4 Å². The molecule has 1 fully saturated rings. The summed E-state index contributed by atoms with van der Waals surface area (Å²) in [5.74, 6) is 0.865. The number of hydrogen-bond donors (Lipinski definition) is 1. The third kappa shape index (κ3) is 2.75. The minimum Gasteiger partial charge on any atom is -0.493 e. The van der Waals surface area contributed by atoms with Gasteiger partial charge in [0.15, 0.2) is 5.75 Å². The predicted octanol–water partition coefficient (Wildman–Crippen LogP) is 2.11. The summed E-state index contributed by atoms with van der Waals surface area (Å²) in [5, 5.41) is 0. The van der Waals surface area contributed by atoms with Gasteiger partial charge in [0.1, 0.15) is 0 Å². The van der Waals surface area contributed by atoms with Crippen molar-refractivity contribution in [1.82, 2.24) is 4.98 Å². The Bertz CT molecular complexity index is 393. The van der Waals surface area contributed by atoms with Gasteiger partial charge >= 0.3 is 0 Å². The van der Waals surface area contributed by atoms with E-state index in [-0.39, 0.29) is 0 Å². The van der Waals surface area contributed by atoms with Crippen LogP contribution in [0.15, 0.2) is 12.3 Å². The third-order valence-corrected chi connectivity index (χ3v) is 3.64. The first-order valence-corrected chi connectivity index (χ1v) is 6.73. The minimum absolute atomic E-state index is 0.541. The van der Waals surface area contributed by atoms with E-state index < -0.39 is 0 Å². The first kappa shape index (κ1) is 13.1. The van der Waals surface area contributed by atoms with Crippen molar-refractivity contribution < 1.29 is 4.74 Å². The first-order chi connectivity index (χ1) is 8.76. The number of piperidine rings is 1. The largest absolute Gasteiger partial charge is 0.493 e. The maximum atomic E-state index is 5.73. The number of hydrogen-bond acceptors (Lipinski definition) is 4. The van der Waals surface area contributed by atoms with Crippen LogP contribution in [-0.4, -0.2) is 31.2 Å². The lowest BCUT2D eigenvalue weighted by Crippen LogP contribution is -2.41. The number of rotatable bonds is 4. The topological polar surface area (TPSA) is 51.4 Å². The van der Waals surface area contributed by atoms with Crippen molar-refractivity contribution in [2.45, 2.75) is 38.6 Å². The lowest BCUT2D eigenvalue weighted by molar-refractivity contribution is 0.399. The second kappa shape index (κ2) is 6.05. The zero-order valence-corrected chi connectivity index (χ0v) is 11.4. The summed E-state index contributed by atoms with van der Waals surface area (Å²) in [6.45, 7) is 3.85. The van der Waals surface area contributed by atoms with Crippen LogP contribution in [0.2, 0.25) is 0 Å². The molecule has 0 aromatic carbocycles. The Hall–Kier alpha value is -1.29. The molecule has 4 nitrogen and oxygen atoms in total. The lowest BCUT2D eigenvalue weighted by Gasteiger charge is -2.38. The van der Waals surface area contributed by atoms with Crippen molar-refractivity contribution in [1.29, 1.82) is 0 Å². The van der Waals surface area contributed by atoms with Gasteiger partial charge in [-0.3, -0.25) is 4.98 Å². The smallest absolute Gasteiger partial charge is 0.160 e. The van der Waals surface area contributed by atoms with Crippen LogP contribution in [-0.2, 0) is 0 Å². The average Bonchev–Trinajstić information content (AvgIpc) is 2.40. The number of aromatic nitrogens is 1. The fraction of sp³-hybridized carbons (Fsp3) is 0.643. The van der Waals surface area contributed by atoms with Gasteiger partial charge in [-0.05, 0) is 45.2 Å². The van der Waals surface area contributed by atoms with E-state index in [0.717, 1.165) is 31.0 Å². The Morgan fingerprint density at radius 3 is 3.06 bits per heavy atom. The highest BCUT2D eigenvalue weighted by molar-refractivity contribution is 5.59. The number of pyridine rings is 1. The summed E-state index contributed by atoms with van der Waals surface area (Å²) >= 11 is 0. The molecule has 1 saturated heterocycles. The number of nitrogens with two attached hydrogens (primary N) is 1. The molecule has 1 aromatic rings. The fourth-order valence-corrected chi connectivity index (χ4v) is 2.72. The number of anilines is 1. The summed E-state index contributed by atoms with van der Waals surface area (Å²) in [5.41, 5.74) is 7.93. The molecule has 0 amide bonds. The normalized spacial score (nSPS) is 19.9. The zero-order valence-electron chi connectivity index (χ0n) is 11.4. The van der Waals surface area contributed by atoms with E-state index in [1.807, 2.05) is 13.1 Å². The van der Waals surface area contributed by atoms with Crippen molar-refractivity contribution in [3.05, 3.63) is 18.0 Å². The van der Waals surface area contributed by atoms with Gasteiger partial charge in [0.05, 0.1) is 19.0 Å². The Kier molecular flexibility index (Phi) is 4.42. The second-order valence-corrected chi connectivity index (χ2v) is 4.92. The molecule has 1 atom stereocenters. The summed E-state index contributed by atoms with van der Waals surface area (Å²) in [7, 11) is 1.71. The minimum atomic E-state index is 0.541. The maximum Gasteiger partial charge on any atom is 0.160 e. The molecule has 1 aliphatic rings. The van der Waals surface area contributed by atoms with Crippen LogP contribution in [0.3, 0.4) is 0 Å². The third-order valence-electron chi connectivity index (χ3n) is 3.64. The van der Waals surface area contributed by atoms with Crippen LogP contribution in [0.4, 0.5) is 5.69 Å². The van der Waals surface area contributed by atoms with Crippen LogP contribution in [0, 0.1) is 6.92 Å². The molecule has 0 aliphatic carbocycles. The van der Waals surface area contributed by atoms with Crippen molar-refractivity contribution in [3.63, 3.8) is 0 Å². The highest BCUT2D eigenvalue weighted by Gasteiger charge is 2.24. The summed E-state index contributed by atoms with van der Waals surface area (Å²) in [4.78, 5) is 6.75. The number of nitrogens with zero attached hydrogens (tertiary/aromatic N) is 2. The molecule has 0 bridgehead atoms. The summed E-state index contributed by atoms with van der Waals surface area (Å²) < 4.78 is 5.44. The molecular formula is C14H23N3O. The summed E-state index contributed by atoms with van der Waals surface area (Å²) in [6, 6.07) is 2.66. The second-order valence-electron chi connectivity index (χ2n) is 4.92. The maximum absolute atomic E-state index is 5.73. The van der Waals surface area contributed by atoms with Crippen molar-refractivity contribution in [2.75, 3.05) is 25.1 Å². The Labute approximate surface area is 109 Å². The van der Waals surface area contributed by atoms with Gasteiger partial charge in [0, 0.05) is 18.3 Å². The number of ether oxygens (including phenoxy) is 1. The Morgan fingerprint density at radius 1 is 1.50 bits per heavy atom. The van der Waals surface area contributed by atoms with Gasteiger partial charge in [0.25, 0.3) is 0 Å². The molecule has 18 heavy (non-hydrogen) atoms. The van der Waals surface area contributed by atoms with E-state index in [0.29, 0.717) is 6.04 Å². The molecule has 0 spiro atoms. The van der Waals surface area contributed by atoms with Gasteiger partial charge in [0.2, 0.25) is 0 Å². The molecular weight excluding hydrogens is 226 g/mol. The van der Waals surface area contributed by atoms with E-state index in [2.05, 4.69) is 16.0 Å². The molecule has 4 heteroatoms. The van der Waals surface area contributed by atoms with Crippen molar-refractivity contribution >= 4 is 5.69 Å². The number of aryl methyl sites for hydroxylation is 1. The van der Waals surface area contributed by atoms with Gasteiger partial charge in [-0.25, -0.2) is 0 Å². The molecule has 0 radical (unpaired) electrons. The number of methoxy groups -OCH3 is 1. The monoisotopic (exact) mass is 249 g/mol. The molecule has 100 valence electrons. The molecule has 1 aromatic heterocycles. The van der Waals surface area contributed by atoms with Gasteiger partial charge in [-0.2, -0.15) is 0 Å². The highest BCUT2D eigenvalue weighted by atomic mass is 16.5. The molecule has 1 aliphatic heterocycles. The molecule has 0 saturated carbocycles. The van der Waals surface area contributed by atoms with E-state index in [1.165, 1.54) is 24.9 Å². The van der Waals surface area contributed by atoms with Crippen LogP contribution in [0.1, 0.15) is 31.4 Å². The average molecular weight is 249 g/mol. The molecule has 1 unspecified atom stereocenters. The van der Waals surface area contributed by atoms with E-state index in [9.17, 15) is 0 Å². The highest BCUT2D eigenvalue weighted by Crippen LogP contribution is 2.33. The van der Waals surface area contributed by atoms with E-state index in [1.54, 1.807) is 7.11 Å². The standard InChI is InChI=1S/C14H23N3O/c1-11-9-13(14(18-2)10-16-11)17-8-4-3-5-12(17)6-7-15/h9-10,12H,3-8,15H2,1-2H3. The van der Waals surface area contributed by atoms with E-state index in [4.69, 9.17) is 10.5 Å². The predicted molar refractivity (Wildman–Crippen MR) is 74.2 cm³/mol. The van der Waals surface area contributed by atoms with Crippen molar-refractivity contribution in [3.8, 4) is 5.75 Å². The molecule has 2 rings (SSSR count). The molecule has 2 N–H and O–H groups in total. The van der Waals surface area contributed by atoms with Gasteiger partial charge in [-0.15, -0.1) is 0 Å². The van der Waals surface area contributed by atoms with Crippen molar-refractivity contribution in [2.24, 2.45) is 5.73 Å². The quantitative estimate of drug-likeness (QED) is 0.888. The first-order valence-electron chi connectivity index (χ1n) is 6.73. The SMILES string of the molecule is COc1cnc(C)cc1N1CCCCC1CCN. The van der Waals surface area contributed by atoms with Crippen LogP contribution in [0.5, 0.6) is 5.75 Å². The van der Waals surface area contributed by atoms with Gasteiger partial charge in [-0.1, -0.05) is 0 Å². The Morgan fingerprint density at radius 2 is 2.33 bits per heavy atom. The fourth-order valence-electron chi connectivity index (χ4n) is 2.72. The van der Waals surface area contributed by atoms with Crippen LogP contribution in [0.25, 0.3) is 0 Å². The lowest BCUT2D eigenvalue weighted by atomic mass is 9.98. The van der Waals surface area contributed by atoms with Crippen LogP contribution >= 0.6 is 0 Å². The molecule has 2 heterocycles. The summed E-state index contributed by atoms with van der Waals surface area (Å²) in [6.07, 6.45) is 6.63. The zero-order chi connectivity index (χ0) is 13.0. The van der Waals surface area contributed by atoms with E-state index >= 15 is 0 Å².